The first-order valence-electron chi connectivity index (χ1n) is 10.1. The van der Waals surface area contributed by atoms with Gasteiger partial charge in [-0.3, -0.25) is 9.59 Å². The van der Waals surface area contributed by atoms with Crippen LogP contribution in [-0.4, -0.2) is 63.9 Å². The Labute approximate surface area is 172 Å². The van der Waals surface area contributed by atoms with Gasteiger partial charge in [0.05, 0.1) is 17.4 Å². The molecule has 2 fully saturated rings. The van der Waals surface area contributed by atoms with E-state index in [2.05, 4.69) is 5.32 Å². The maximum atomic E-state index is 12.6. The van der Waals surface area contributed by atoms with Crippen LogP contribution >= 0.6 is 0 Å². The molecule has 2 atom stereocenters. The molecule has 0 aliphatic carbocycles. The van der Waals surface area contributed by atoms with Crippen molar-refractivity contribution in [3.63, 3.8) is 0 Å². The van der Waals surface area contributed by atoms with Crippen molar-refractivity contribution in [2.45, 2.75) is 31.6 Å². The van der Waals surface area contributed by atoms with Gasteiger partial charge in [0.25, 0.3) is 0 Å². The maximum absolute atomic E-state index is 12.6. The van der Waals surface area contributed by atoms with E-state index in [0.717, 1.165) is 13.0 Å². The number of nitrogens with zero attached hydrogens (tertiary/aromatic N) is 2. The third-order valence-corrected chi connectivity index (χ3v) is 7.64. The molecule has 1 N–H and O–H groups in total. The first kappa shape index (κ1) is 21.7. The lowest BCUT2D eigenvalue weighted by Crippen LogP contribution is -2.36. The summed E-state index contributed by atoms with van der Waals surface area (Å²) in [6, 6.07) is 6.29. The van der Waals surface area contributed by atoms with E-state index in [1.165, 1.54) is 16.4 Å². The minimum absolute atomic E-state index is 0.117. The van der Waals surface area contributed by atoms with Crippen LogP contribution in [0.4, 0.5) is 5.69 Å². The number of carbonyl (C=O) groups excluding carboxylic acids is 2. The number of sulfonamides is 1. The van der Waals surface area contributed by atoms with Gasteiger partial charge in [0.2, 0.25) is 21.8 Å². The normalized spacial score (nSPS) is 22.4. The number of nitrogens with one attached hydrogen (secondary N) is 1. The van der Waals surface area contributed by atoms with Crippen LogP contribution in [0.3, 0.4) is 0 Å². The molecule has 3 rings (SSSR count). The number of ether oxygens (including phenoxy) is 1. The molecule has 0 saturated carbocycles. The predicted octanol–water partition coefficient (Wildman–Crippen LogP) is 1.22. The topological polar surface area (TPSA) is 96.0 Å². The summed E-state index contributed by atoms with van der Waals surface area (Å²) in [5, 5.41) is 2.93. The van der Waals surface area contributed by atoms with Gasteiger partial charge in [-0.25, -0.2) is 8.42 Å². The van der Waals surface area contributed by atoms with E-state index in [9.17, 15) is 18.0 Å². The summed E-state index contributed by atoms with van der Waals surface area (Å²) in [6.07, 6.45) is 1.10. The van der Waals surface area contributed by atoms with Crippen molar-refractivity contribution in [3.8, 4) is 0 Å². The van der Waals surface area contributed by atoms with Crippen molar-refractivity contribution < 1.29 is 22.7 Å². The molecule has 1 aromatic carbocycles. The fourth-order valence-electron chi connectivity index (χ4n) is 3.78. The fourth-order valence-corrected chi connectivity index (χ4v) is 5.23. The zero-order chi connectivity index (χ0) is 21.0. The molecule has 29 heavy (non-hydrogen) atoms. The molecule has 2 saturated heterocycles. The summed E-state index contributed by atoms with van der Waals surface area (Å²) < 4.78 is 31.9. The van der Waals surface area contributed by atoms with Gasteiger partial charge in [-0.15, -0.1) is 0 Å². The smallest absolute Gasteiger partial charge is 0.243 e. The van der Waals surface area contributed by atoms with Gasteiger partial charge in [-0.05, 0) is 30.7 Å². The van der Waals surface area contributed by atoms with Crippen LogP contribution in [0.25, 0.3) is 0 Å². The Hall–Kier alpha value is -1.97. The summed E-state index contributed by atoms with van der Waals surface area (Å²) in [4.78, 5) is 26.6. The van der Waals surface area contributed by atoms with Gasteiger partial charge in [-0.1, -0.05) is 13.8 Å². The largest absolute Gasteiger partial charge is 0.381 e. The molecular weight excluding hydrogens is 394 g/mol. The standard InChI is InChI=1S/C20H29N3O5S/c1-3-22(4-2)29(26,27)18-7-5-17(6-8-18)23-13-16(11-19(23)24)20(25)21-12-15-9-10-28-14-15/h5-8,15-16H,3-4,9-14H2,1-2H3,(H,21,25). The van der Waals surface area contributed by atoms with E-state index in [0.29, 0.717) is 44.4 Å². The quantitative estimate of drug-likeness (QED) is 0.678. The minimum atomic E-state index is -3.54. The molecule has 2 unspecified atom stereocenters. The van der Waals surface area contributed by atoms with Gasteiger partial charge < -0.3 is 15.0 Å². The number of amides is 2. The number of carbonyl (C=O) groups is 2. The molecule has 2 heterocycles. The SMILES string of the molecule is CCN(CC)S(=O)(=O)c1ccc(N2CC(C(=O)NCC3CCOC3)CC2=O)cc1. The third-order valence-electron chi connectivity index (χ3n) is 5.58. The lowest BCUT2D eigenvalue weighted by molar-refractivity contribution is -0.126. The second-order valence-corrected chi connectivity index (χ2v) is 9.40. The van der Waals surface area contributed by atoms with Crippen molar-refractivity contribution in [1.29, 1.82) is 0 Å². The molecule has 0 bridgehead atoms. The molecule has 2 aliphatic heterocycles. The van der Waals surface area contributed by atoms with Crippen LogP contribution in [-0.2, 0) is 24.3 Å². The lowest BCUT2D eigenvalue weighted by atomic mass is 10.1. The maximum Gasteiger partial charge on any atom is 0.243 e. The number of rotatable bonds is 8. The fraction of sp³-hybridized carbons (Fsp3) is 0.600. The number of anilines is 1. The van der Waals surface area contributed by atoms with Crippen molar-refractivity contribution in [2.75, 3.05) is 44.3 Å². The predicted molar refractivity (Wildman–Crippen MR) is 109 cm³/mol. The molecular formula is C20H29N3O5S. The first-order chi connectivity index (χ1) is 13.9. The lowest BCUT2D eigenvalue weighted by Gasteiger charge is -2.20. The molecule has 160 valence electrons. The Kier molecular flexibility index (Phi) is 6.92. The van der Waals surface area contributed by atoms with Crippen LogP contribution in [0.5, 0.6) is 0 Å². The Morgan fingerprint density at radius 2 is 1.93 bits per heavy atom. The van der Waals surface area contributed by atoms with Crippen LogP contribution in [0.15, 0.2) is 29.2 Å². The zero-order valence-corrected chi connectivity index (χ0v) is 17.8. The highest BCUT2D eigenvalue weighted by Gasteiger charge is 2.35. The summed E-state index contributed by atoms with van der Waals surface area (Å²) in [5.41, 5.74) is 0.605. The van der Waals surface area contributed by atoms with Gasteiger partial charge in [-0.2, -0.15) is 4.31 Å². The Morgan fingerprint density at radius 1 is 1.24 bits per heavy atom. The monoisotopic (exact) mass is 423 g/mol. The number of hydrogen-bond acceptors (Lipinski definition) is 5. The van der Waals surface area contributed by atoms with Gasteiger partial charge in [0.15, 0.2) is 0 Å². The van der Waals surface area contributed by atoms with E-state index in [4.69, 9.17) is 4.74 Å². The van der Waals surface area contributed by atoms with Crippen LogP contribution in [0, 0.1) is 11.8 Å². The van der Waals surface area contributed by atoms with Gasteiger partial charge >= 0.3 is 0 Å². The minimum Gasteiger partial charge on any atom is -0.381 e. The molecule has 9 heteroatoms. The number of benzene rings is 1. The van der Waals surface area contributed by atoms with Crippen molar-refractivity contribution >= 4 is 27.5 Å². The third kappa shape index (κ3) is 4.79. The number of hydrogen-bond donors (Lipinski definition) is 1. The summed E-state index contributed by atoms with van der Waals surface area (Å²) in [7, 11) is -3.54. The van der Waals surface area contributed by atoms with Crippen LogP contribution < -0.4 is 10.2 Å². The van der Waals surface area contributed by atoms with Gasteiger partial charge in [0.1, 0.15) is 0 Å². The molecule has 2 amide bonds. The van der Waals surface area contributed by atoms with E-state index in [1.807, 2.05) is 0 Å². The molecule has 0 radical (unpaired) electrons. The van der Waals surface area contributed by atoms with Crippen molar-refractivity contribution in [1.82, 2.24) is 9.62 Å². The Morgan fingerprint density at radius 3 is 2.52 bits per heavy atom. The average molecular weight is 424 g/mol. The second-order valence-electron chi connectivity index (χ2n) is 7.46. The zero-order valence-electron chi connectivity index (χ0n) is 17.0. The Bertz CT molecular complexity index is 830. The highest BCUT2D eigenvalue weighted by atomic mass is 32.2. The molecule has 8 nitrogen and oxygen atoms in total. The van der Waals surface area contributed by atoms with E-state index in [-0.39, 0.29) is 23.1 Å². The average Bonchev–Trinajstić information content (AvgIpc) is 3.36. The molecule has 1 aromatic rings. The summed E-state index contributed by atoms with van der Waals surface area (Å²) in [5.74, 6) is -0.307. The molecule has 2 aliphatic rings. The van der Waals surface area contributed by atoms with E-state index in [1.54, 1.807) is 30.9 Å². The van der Waals surface area contributed by atoms with Crippen molar-refractivity contribution in [3.05, 3.63) is 24.3 Å². The van der Waals surface area contributed by atoms with E-state index < -0.39 is 15.9 Å². The summed E-state index contributed by atoms with van der Waals surface area (Å²) >= 11 is 0. The Balaban J connectivity index is 1.63. The van der Waals surface area contributed by atoms with Crippen molar-refractivity contribution in [2.24, 2.45) is 11.8 Å². The van der Waals surface area contributed by atoms with Gasteiger partial charge in [0, 0.05) is 50.8 Å². The summed E-state index contributed by atoms with van der Waals surface area (Å²) in [6.45, 7) is 6.65. The second kappa shape index (κ2) is 9.23. The van der Waals surface area contributed by atoms with Crippen LogP contribution in [0.1, 0.15) is 26.7 Å². The molecule has 0 aromatic heterocycles. The first-order valence-corrected chi connectivity index (χ1v) is 11.6. The highest BCUT2D eigenvalue weighted by Crippen LogP contribution is 2.27. The molecule has 0 spiro atoms. The van der Waals surface area contributed by atoms with E-state index >= 15 is 0 Å². The van der Waals surface area contributed by atoms with Crippen LogP contribution in [0.2, 0.25) is 0 Å². The highest BCUT2D eigenvalue weighted by molar-refractivity contribution is 7.89.